The van der Waals surface area contributed by atoms with Crippen LogP contribution >= 0.6 is 0 Å². The standard InChI is InChI=1S/C12H23N3O4/c1-8(14-7-6-13)9(10(16)18-5)15-11(17)19-12(2,3)4/h14H,6-7,13H2,1-5H3,(H,15,17)/b9-8+. The van der Waals surface area contributed by atoms with Crippen molar-refractivity contribution in [2.45, 2.75) is 33.3 Å². The van der Waals surface area contributed by atoms with Gasteiger partial charge in [-0.2, -0.15) is 0 Å². The van der Waals surface area contributed by atoms with Crippen molar-refractivity contribution >= 4 is 12.1 Å². The highest BCUT2D eigenvalue weighted by Gasteiger charge is 2.21. The summed E-state index contributed by atoms with van der Waals surface area (Å²) in [6.07, 6.45) is -0.721. The molecule has 0 aromatic carbocycles. The molecule has 0 aromatic rings. The molecule has 0 radical (unpaired) electrons. The Kier molecular flexibility index (Phi) is 6.92. The highest BCUT2D eigenvalue weighted by Crippen LogP contribution is 2.08. The Morgan fingerprint density at radius 1 is 1.26 bits per heavy atom. The van der Waals surface area contributed by atoms with E-state index in [1.54, 1.807) is 27.7 Å². The lowest BCUT2D eigenvalue weighted by Gasteiger charge is -2.20. The van der Waals surface area contributed by atoms with Gasteiger partial charge in [0, 0.05) is 18.8 Å². The molecule has 0 fully saturated rings. The largest absolute Gasteiger partial charge is 0.464 e. The first-order valence-corrected chi connectivity index (χ1v) is 5.94. The molecule has 0 aliphatic rings. The lowest BCUT2D eigenvalue weighted by atomic mass is 10.2. The van der Waals surface area contributed by atoms with E-state index in [1.807, 2.05) is 0 Å². The van der Waals surface area contributed by atoms with E-state index in [4.69, 9.17) is 10.5 Å². The van der Waals surface area contributed by atoms with E-state index in [2.05, 4.69) is 15.4 Å². The molecule has 0 saturated carbocycles. The quantitative estimate of drug-likeness (QED) is 0.497. The van der Waals surface area contributed by atoms with E-state index >= 15 is 0 Å². The van der Waals surface area contributed by atoms with Crippen LogP contribution in [0.3, 0.4) is 0 Å². The number of hydrogen-bond acceptors (Lipinski definition) is 6. The summed E-state index contributed by atoms with van der Waals surface area (Å²) < 4.78 is 9.68. The molecule has 0 bridgehead atoms. The van der Waals surface area contributed by atoms with Gasteiger partial charge in [-0.05, 0) is 27.7 Å². The van der Waals surface area contributed by atoms with Gasteiger partial charge in [0.25, 0.3) is 0 Å². The fourth-order valence-corrected chi connectivity index (χ4v) is 1.15. The summed E-state index contributed by atoms with van der Waals surface area (Å²) in [5, 5.41) is 5.27. The van der Waals surface area contributed by atoms with Crippen molar-refractivity contribution in [3.63, 3.8) is 0 Å². The Hall–Kier alpha value is -1.76. The van der Waals surface area contributed by atoms with Crippen molar-refractivity contribution in [2.24, 2.45) is 5.73 Å². The number of esters is 1. The van der Waals surface area contributed by atoms with Gasteiger partial charge in [-0.1, -0.05) is 0 Å². The molecule has 0 spiro atoms. The summed E-state index contributed by atoms with van der Waals surface area (Å²) in [6, 6.07) is 0. The van der Waals surface area contributed by atoms with Gasteiger partial charge in [0.05, 0.1) is 7.11 Å². The highest BCUT2D eigenvalue weighted by atomic mass is 16.6. The van der Waals surface area contributed by atoms with Gasteiger partial charge in [-0.3, -0.25) is 5.32 Å². The van der Waals surface area contributed by atoms with Gasteiger partial charge in [-0.25, -0.2) is 9.59 Å². The molecule has 0 heterocycles. The second-order valence-corrected chi connectivity index (χ2v) is 4.83. The Morgan fingerprint density at radius 2 is 1.84 bits per heavy atom. The number of hydrogen-bond donors (Lipinski definition) is 3. The molecule has 0 rings (SSSR count). The summed E-state index contributed by atoms with van der Waals surface area (Å²) >= 11 is 0. The summed E-state index contributed by atoms with van der Waals surface area (Å²) in [5.41, 5.74) is 5.17. The number of allylic oxidation sites excluding steroid dienone is 1. The normalized spacial score (nSPS) is 12.3. The molecule has 0 unspecified atom stereocenters. The van der Waals surface area contributed by atoms with Gasteiger partial charge < -0.3 is 20.5 Å². The first-order valence-electron chi connectivity index (χ1n) is 5.94. The number of nitrogens with one attached hydrogen (secondary N) is 2. The van der Waals surface area contributed by atoms with E-state index in [9.17, 15) is 9.59 Å². The molecule has 7 nitrogen and oxygen atoms in total. The topological polar surface area (TPSA) is 103 Å². The molecule has 0 saturated heterocycles. The molecular weight excluding hydrogens is 250 g/mol. The van der Waals surface area contributed by atoms with E-state index in [0.29, 0.717) is 18.8 Å². The van der Waals surface area contributed by atoms with Crippen molar-refractivity contribution in [3.05, 3.63) is 11.4 Å². The van der Waals surface area contributed by atoms with Crippen LogP contribution in [0.25, 0.3) is 0 Å². The summed E-state index contributed by atoms with van der Waals surface area (Å²) in [6.45, 7) is 7.70. The molecule has 1 amide bonds. The summed E-state index contributed by atoms with van der Waals surface area (Å²) in [7, 11) is 1.23. The van der Waals surface area contributed by atoms with Crippen LogP contribution in [0.2, 0.25) is 0 Å². The molecule has 110 valence electrons. The van der Waals surface area contributed by atoms with E-state index < -0.39 is 17.7 Å². The fourth-order valence-electron chi connectivity index (χ4n) is 1.15. The minimum absolute atomic E-state index is 0.00481. The van der Waals surface area contributed by atoms with E-state index in [1.165, 1.54) is 7.11 Å². The Bertz CT molecular complexity index is 358. The minimum atomic E-state index is -0.721. The number of ether oxygens (including phenoxy) is 2. The average molecular weight is 273 g/mol. The Balaban J connectivity index is 4.88. The van der Waals surface area contributed by atoms with Gasteiger partial charge in [0.2, 0.25) is 0 Å². The fraction of sp³-hybridized carbons (Fsp3) is 0.667. The molecule has 0 aliphatic carbocycles. The molecule has 0 aromatic heterocycles. The minimum Gasteiger partial charge on any atom is -0.464 e. The first-order chi connectivity index (χ1) is 8.71. The van der Waals surface area contributed by atoms with Crippen molar-refractivity contribution in [1.29, 1.82) is 0 Å². The monoisotopic (exact) mass is 273 g/mol. The number of methoxy groups -OCH3 is 1. The molecule has 19 heavy (non-hydrogen) atoms. The predicted molar refractivity (Wildman–Crippen MR) is 71.1 cm³/mol. The molecule has 4 N–H and O–H groups in total. The van der Waals surface area contributed by atoms with Crippen molar-refractivity contribution < 1.29 is 19.1 Å². The summed E-state index contributed by atoms with van der Waals surface area (Å²) in [5.74, 6) is -0.659. The van der Waals surface area contributed by atoms with Gasteiger partial charge in [0.15, 0.2) is 0 Å². The van der Waals surface area contributed by atoms with Gasteiger partial charge in [-0.15, -0.1) is 0 Å². The highest BCUT2D eigenvalue weighted by molar-refractivity contribution is 5.92. The maximum atomic E-state index is 11.6. The molecule has 0 atom stereocenters. The zero-order valence-electron chi connectivity index (χ0n) is 12.1. The van der Waals surface area contributed by atoms with E-state index in [-0.39, 0.29) is 5.70 Å². The number of carbonyl (C=O) groups is 2. The zero-order valence-corrected chi connectivity index (χ0v) is 12.1. The van der Waals surface area contributed by atoms with Crippen molar-refractivity contribution in [2.75, 3.05) is 20.2 Å². The van der Waals surface area contributed by atoms with Crippen LogP contribution in [0.4, 0.5) is 4.79 Å². The van der Waals surface area contributed by atoms with Crippen LogP contribution in [0.5, 0.6) is 0 Å². The number of rotatable bonds is 5. The van der Waals surface area contributed by atoms with Gasteiger partial charge in [0.1, 0.15) is 11.3 Å². The van der Waals surface area contributed by atoms with Crippen molar-refractivity contribution in [3.8, 4) is 0 Å². The maximum Gasteiger partial charge on any atom is 0.412 e. The van der Waals surface area contributed by atoms with Crippen LogP contribution in [0, 0.1) is 0 Å². The molecular formula is C12H23N3O4. The lowest BCUT2D eigenvalue weighted by molar-refractivity contribution is -0.136. The summed E-state index contributed by atoms with van der Waals surface area (Å²) in [4.78, 5) is 23.2. The Labute approximate surface area is 113 Å². The number of carbonyl (C=O) groups excluding carboxylic acids is 2. The second kappa shape index (κ2) is 7.63. The molecule has 0 aliphatic heterocycles. The number of nitrogens with two attached hydrogens (primary N) is 1. The third kappa shape index (κ3) is 7.30. The van der Waals surface area contributed by atoms with Crippen LogP contribution in [0.15, 0.2) is 11.4 Å². The van der Waals surface area contributed by atoms with Crippen LogP contribution in [0.1, 0.15) is 27.7 Å². The van der Waals surface area contributed by atoms with Crippen LogP contribution in [-0.2, 0) is 14.3 Å². The number of alkyl carbamates (subject to hydrolysis) is 1. The van der Waals surface area contributed by atoms with Crippen molar-refractivity contribution in [1.82, 2.24) is 10.6 Å². The molecule has 7 heteroatoms. The second-order valence-electron chi connectivity index (χ2n) is 4.83. The lowest BCUT2D eigenvalue weighted by Crippen LogP contribution is -2.37. The third-order valence-corrected chi connectivity index (χ3v) is 1.92. The van der Waals surface area contributed by atoms with E-state index in [0.717, 1.165) is 0 Å². The predicted octanol–water partition coefficient (Wildman–Crippen LogP) is 0.464. The van der Waals surface area contributed by atoms with Crippen LogP contribution < -0.4 is 16.4 Å². The van der Waals surface area contributed by atoms with Crippen LogP contribution in [-0.4, -0.2) is 37.9 Å². The first kappa shape index (κ1) is 17.2. The third-order valence-electron chi connectivity index (χ3n) is 1.92. The number of amides is 1. The average Bonchev–Trinajstić information content (AvgIpc) is 2.29. The Morgan fingerprint density at radius 3 is 2.26 bits per heavy atom. The SMILES string of the molecule is COC(=O)/C(NC(=O)OC(C)(C)C)=C(/C)NCCN. The zero-order chi connectivity index (χ0) is 15.1. The van der Waals surface area contributed by atoms with Gasteiger partial charge >= 0.3 is 12.1 Å². The maximum absolute atomic E-state index is 11.6. The smallest absolute Gasteiger partial charge is 0.412 e.